The molecule has 0 aliphatic heterocycles. The molecule has 2 rings (SSSR count). The van der Waals surface area contributed by atoms with Gasteiger partial charge in [-0.2, -0.15) is 0 Å². The first kappa shape index (κ1) is 10.7. The minimum atomic E-state index is -2.67. The van der Waals surface area contributed by atoms with Crippen LogP contribution >= 0.6 is 7.29 Å². The zero-order valence-electron chi connectivity index (χ0n) is 8.67. The number of hydrogen-bond acceptors (Lipinski definition) is 1. The molecule has 2 nitrogen and oxygen atoms in total. The van der Waals surface area contributed by atoms with Gasteiger partial charge in [-0.1, -0.05) is 42.5 Å². The summed E-state index contributed by atoms with van der Waals surface area (Å²) in [5.74, 6) is 0. The molecule has 2 atom stereocenters. The third-order valence-electron chi connectivity index (χ3n) is 2.89. The first-order chi connectivity index (χ1) is 7.21. The van der Waals surface area contributed by atoms with Crippen LogP contribution in [0.1, 0.15) is 19.3 Å². The lowest BCUT2D eigenvalue weighted by molar-refractivity contribution is 0.572. The van der Waals surface area contributed by atoms with Crippen molar-refractivity contribution in [3.8, 4) is 0 Å². The maximum atomic E-state index is 12.5. The van der Waals surface area contributed by atoms with Crippen LogP contribution in [0.5, 0.6) is 0 Å². The van der Waals surface area contributed by atoms with Gasteiger partial charge in [-0.3, -0.25) is 5.50 Å². The SMILES string of the molecule is NP(=O)(C1=CC=CCC1)C1C=CC=CC1. The minimum absolute atomic E-state index is 0.000231. The van der Waals surface area contributed by atoms with Crippen molar-refractivity contribution >= 4 is 7.29 Å². The van der Waals surface area contributed by atoms with Crippen LogP contribution in [0.2, 0.25) is 0 Å². The smallest absolute Gasteiger partial charge is 0.176 e. The monoisotopic (exact) mass is 221 g/mol. The Balaban J connectivity index is 2.22. The fourth-order valence-corrected chi connectivity index (χ4v) is 3.96. The Kier molecular flexibility index (Phi) is 3.08. The molecule has 2 N–H and O–H groups in total. The van der Waals surface area contributed by atoms with E-state index in [2.05, 4.69) is 6.08 Å². The number of nitrogens with two attached hydrogens (primary N) is 1. The van der Waals surface area contributed by atoms with E-state index in [4.69, 9.17) is 5.50 Å². The van der Waals surface area contributed by atoms with Crippen molar-refractivity contribution < 1.29 is 4.57 Å². The highest BCUT2D eigenvalue weighted by Gasteiger charge is 2.30. The van der Waals surface area contributed by atoms with Gasteiger partial charge in [0.1, 0.15) is 0 Å². The van der Waals surface area contributed by atoms with Crippen LogP contribution in [-0.2, 0) is 4.57 Å². The minimum Gasteiger partial charge on any atom is -0.302 e. The second-order valence-corrected chi connectivity index (χ2v) is 6.61. The van der Waals surface area contributed by atoms with Crippen molar-refractivity contribution in [3.63, 3.8) is 0 Å². The largest absolute Gasteiger partial charge is 0.302 e. The molecule has 2 aliphatic carbocycles. The maximum absolute atomic E-state index is 12.5. The zero-order valence-corrected chi connectivity index (χ0v) is 9.57. The molecule has 0 spiro atoms. The summed E-state index contributed by atoms with van der Waals surface area (Å²) in [5, 5.41) is 0.940. The lowest BCUT2D eigenvalue weighted by Gasteiger charge is -2.25. The summed E-state index contributed by atoms with van der Waals surface area (Å²) >= 11 is 0. The molecule has 0 aromatic heterocycles. The Hall–Kier alpha value is -0.850. The Morgan fingerprint density at radius 1 is 1.27 bits per heavy atom. The van der Waals surface area contributed by atoms with E-state index < -0.39 is 7.29 Å². The van der Waals surface area contributed by atoms with E-state index in [9.17, 15) is 4.57 Å². The molecule has 0 heterocycles. The summed E-state index contributed by atoms with van der Waals surface area (Å²) in [7, 11) is -2.67. The molecule has 0 amide bonds. The van der Waals surface area contributed by atoms with Gasteiger partial charge in [0.05, 0.1) is 5.66 Å². The molecule has 0 fully saturated rings. The Morgan fingerprint density at radius 3 is 2.73 bits per heavy atom. The Bertz CT molecular complexity index is 404. The highest BCUT2D eigenvalue weighted by Crippen LogP contribution is 2.55. The van der Waals surface area contributed by atoms with Gasteiger partial charge in [-0.25, -0.2) is 0 Å². The third-order valence-corrected chi connectivity index (χ3v) is 5.53. The predicted octanol–water partition coefficient (Wildman–Crippen LogP) is 3.34. The van der Waals surface area contributed by atoms with E-state index in [-0.39, 0.29) is 5.66 Å². The van der Waals surface area contributed by atoms with Crippen LogP contribution in [0.25, 0.3) is 0 Å². The molecule has 0 aromatic carbocycles. The standard InChI is InChI=1S/C12H16NOP/c13-15(14,11-7-3-1-4-8-11)12-9-5-2-6-10-12/h1-5,7,9,11H,6,8,10H2,(H2,13,14). The Labute approximate surface area is 90.7 Å². The van der Waals surface area contributed by atoms with E-state index in [0.29, 0.717) is 0 Å². The van der Waals surface area contributed by atoms with Crippen LogP contribution in [0, 0.1) is 0 Å². The van der Waals surface area contributed by atoms with Gasteiger partial charge < -0.3 is 4.57 Å². The fourth-order valence-electron chi connectivity index (χ4n) is 1.95. The van der Waals surface area contributed by atoms with Gasteiger partial charge in [-0.05, 0) is 19.3 Å². The topological polar surface area (TPSA) is 43.1 Å². The predicted molar refractivity (Wildman–Crippen MR) is 64.9 cm³/mol. The van der Waals surface area contributed by atoms with Gasteiger partial charge in [-0.15, -0.1) is 0 Å². The van der Waals surface area contributed by atoms with Crippen LogP contribution in [0.4, 0.5) is 0 Å². The molecule has 0 saturated heterocycles. The second kappa shape index (κ2) is 4.34. The molecule has 0 aromatic rings. The van der Waals surface area contributed by atoms with Gasteiger partial charge in [0.25, 0.3) is 0 Å². The average molecular weight is 221 g/mol. The van der Waals surface area contributed by atoms with Crippen molar-refractivity contribution in [2.45, 2.75) is 24.9 Å². The molecule has 2 aliphatic rings. The van der Waals surface area contributed by atoms with Crippen molar-refractivity contribution in [3.05, 3.63) is 47.8 Å². The first-order valence-corrected chi connectivity index (χ1v) is 7.13. The van der Waals surface area contributed by atoms with Gasteiger partial charge in [0, 0.05) is 5.31 Å². The molecule has 15 heavy (non-hydrogen) atoms. The van der Waals surface area contributed by atoms with Crippen molar-refractivity contribution in [2.24, 2.45) is 5.50 Å². The Morgan fingerprint density at radius 2 is 2.13 bits per heavy atom. The van der Waals surface area contributed by atoms with Gasteiger partial charge in [0.2, 0.25) is 0 Å². The summed E-state index contributed by atoms with van der Waals surface area (Å²) < 4.78 is 12.5. The quantitative estimate of drug-likeness (QED) is 0.726. The van der Waals surface area contributed by atoms with Gasteiger partial charge in [0.15, 0.2) is 7.29 Å². The number of rotatable bonds is 2. The molecule has 0 bridgehead atoms. The van der Waals surface area contributed by atoms with Crippen LogP contribution in [0.3, 0.4) is 0 Å². The van der Waals surface area contributed by atoms with E-state index in [1.54, 1.807) is 0 Å². The average Bonchev–Trinajstić information content (AvgIpc) is 2.31. The number of hydrogen-bond donors (Lipinski definition) is 1. The van der Waals surface area contributed by atoms with E-state index in [1.165, 1.54) is 0 Å². The third kappa shape index (κ3) is 2.22. The lowest BCUT2D eigenvalue weighted by Crippen LogP contribution is -2.14. The molecular weight excluding hydrogens is 205 g/mol. The first-order valence-electron chi connectivity index (χ1n) is 5.29. The van der Waals surface area contributed by atoms with Gasteiger partial charge >= 0.3 is 0 Å². The zero-order chi connectivity index (χ0) is 10.7. The number of allylic oxidation sites excluding steroid dienone is 8. The molecule has 0 radical (unpaired) electrons. The summed E-state index contributed by atoms with van der Waals surface area (Å²) in [6.07, 6.45) is 16.5. The summed E-state index contributed by atoms with van der Waals surface area (Å²) in [4.78, 5) is 0. The summed E-state index contributed by atoms with van der Waals surface area (Å²) in [6, 6.07) is 0. The molecule has 0 saturated carbocycles. The van der Waals surface area contributed by atoms with Crippen molar-refractivity contribution in [2.75, 3.05) is 0 Å². The summed E-state index contributed by atoms with van der Waals surface area (Å²) in [6.45, 7) is 0. The van der Waals surface area contributed by atoms with Crippen LogP contribution < -0.4 is 5.50 Å². The van der Waals surface area contributed by atoms with E-state index in [0.717, 1.165) is 24.6 Å². The highest BCUT2D eigenvalue weighted by atomic mass is 31.2. The van der Waals surface area contributed by atoms with E-state index >= 15 is 0 Å². The molecular formula is C12H16NOP. The molecule has 2 unspecified atom stereocenters. The van der Waals surface area contributed by atoms with Crippen molar-refractivity contribution in [1.29, 1.82) is 0 Å². The molecule has 3 heteroatoms. The lowest BCUT2D eigenvalue weighted by atomic mass is 10.2. The van der Waals surface area contributed by atoms with Crippen LogP contribution in [0.15, 0.2) is 47.8 Å². The van der Waals surface area contributed by atoms with E-state index in [1.807, 2.05) is 36.5 Å². The van der Waals surface area contributed by atoms with Crippen molar-refractivity contribution in [1.82, 2.24) is 0 Å². The summed E-state index contributed by atoms with van der Waals surface area (Å²) in [5.41, 5.74) is 6.03. The normalized spacial score (nSPS) is 28.6. The highest BCUT2D eigenvalue weighted by molar-refractivity contribution is 7.66. The fraction of sp³-hybridized carbons (Fsp3) is 0.333. The maximum Gasteiger partial charge on any atom is 0.176 e. The molecule has 80 valence electrons. The van der Waals surface area contributed by atoms with Crippen LogP contribution in [-0.4, -0.2) is 5.66 Å². The second-order valence-electron chi connectivity index (χ2n) is 3.95.